The third kappa shape index (κ3) is 6.00. The molecule has 1 aliphatic rings. The van der Waals surface area contributed by atoms with Crippen molar-refractivity contribution in [1.82, 2.24) is 0 Å². The third-order valence-electron chi connectivity index (χ3n) is 4.78. The quantitative estimate of drug-likeness (QED) is 0.199. The second kappa shape index (κ2) is 9.11. The van der Waals surface area contributed by atoms with Crippen LogP contribution in [-0.4, -0.2) is 51.9 Å². The Labute approximate surface area is 176 Å². The first-order chi connectivity index (χ1) is 14.4. The monoisotopic (exact) mass is 454 g/mol. The van der Waals surface area contributed by atoms with E-state index in [0.717, 1.165) is 0 Å². The van der Waals surface area contributed by atoms with E-state index in [4.69, 9.17) is 0 Å². The summed E-state index contributed by atoms with van der Waals surface area (Å²) in [5.41, 5.74) is -2.63. The molecule has 0 N–H and O–H groups in total. The van der Waals surface area contributed by atoms with E-state index in [1.54, 1.807) is 0 Å². The van der Waals surface area contributed by atoms with Crippen molar-refractivity contribution in [3.63, 3.8) is 0 Å². The zero-order valence-electron chi connectivity index (χ0n) is 16.2. The minimum atomic E-state index is -5.55. The topological polar surface area (TPSA) is 187 Å². The van der Waals surface area contributed by atoms with E-state index in [9.17, 15) is 43.3 Å². The second-order valence-electron chi connectivity index (χ2n) is 6.79. The molecule has 0 unspecified atom stereocenters. The predicted octanol–water partition coefficient (Wildman–Crippen LogP) is 2.35. The van der Waals surface area contributed by atoms with Crippen molar-refractivity contribution in [2.24, 2.45) is 0 Å². The molecule has 0 bridgehead atoms. The van der Waals surface area contributed by atoms with Crippen LogP contribution in [0.2, 0.25) is 0 Å². The van der Waals surface area contributed by atoms with Crippen LogP contribution in [0.25, 0.3) is 0 Å². The summed E-state index contributed by atoms with van der Waals surface area (Å²) in [5.74, 6) is 0. The number of nitro benzene ring substituents is 3. The molecule has 3 rings (SSSR count). The Balaban J connectivity index is 0.000000242. The van der Waals surface area contributed by atoms with Gasteiger partial charge in [0.1, 0.15) is 29.8 Å². The Morgan fingerprint density at radius 3 is 1.71 bits per heavy atom. The van der Waals surface area contributed by atoms with E-state index in [2.05, 4.69) is 37.3 Å². The maximum atomic E-state index is 10.8. The lowest BCUT2D eigenvalue weighted by molar-refractivity contribution is -0.811. The Morgan fingerprint density at radius 2 is 1.39 bits per heavy atom. The van der Waals surface area contributed by atoms with E-state index in [1.807, 2.05) is 0 Å². The number of hydrogen-bond donors (Lipinski definition) is 0. The molecule has 1 fully saturated rings. The SMILES string of the molecule is CC[N+]1(Cc2ccccc2)CC1.O=[N+]([O-])c1cc([N+](=O)[O-])c(S(=O)(=O)[O-])c([N+](=O)[O-])c1. The number of rotatable bonds is 7. The predicted molar refractivity (Wildman–Crippen MR) is 105 cm³/mol. The van der Waals surface area contributed by atoms with Gasteiger partial charge in [0.05, 0.1) is 33.4 Å². The van der Waals surface area contributed by atoms with Gasteiger partial charge in [-0.2, -0.15) is 0 Å². The molecule has 1 heterocycles. The van der Waals surface area contributed by atoms with E-state index in [0.29, 0.717) is 0 Å². The van der Waals surface area contributed by atoms with Gasteiger partial charge >= 0.3 is 11.4 Å². The fraction of sp³-hybridized carbons (Fsp3) is 0.294. The van der Waals surface area contributed by atoms with Gasteiger partial charge in [0.25, 0.3) is 5.69 Å². The summed E-state index contributed by atoms with van der Waals surface area (Å²) >= 11 is 0. The molecular formula is C17H18N4O9S. The lowest BCUT2D eigenvalue weighted by atomic mass is 10.2. The molecule has 1 aliphatic heterocycles. The molecule has 0 amide bonds. The zero-order valence-corrected chi connectivity index (χ0v) is 17.1. The number of nitro groups is 3. The van der Waals surface area contributed by atoms with Gasteiger partial charge in [-0.05, 0) is 6.92 Å². The highest BCUT2D eigenvalue weighted by Gasteiger charge is 2.39. The van der Waals surface area contributed by atoms with Crippen LogP contribution in [0.4, 0.5) is 17.1 Å². The highest BCUT2D eigenvalue weighted by atomic mass is 32.2. The maximum absolute atomic E-state index is 10.8. The van der Waals surface area contributed by atoms with Crippen LogP contribution in [0, 0.1) is 30.3 Å². The van der Waals surface area contributed by atoms with Gasteiger partial charge in [0.2, 0.25) is 4.90 Å². The van der Waals surface area contributed by atoms with Crippen LogP contribution < -0.4 is 0 Å². The van der Waals surface area contributed by atoms with Crippen LogP contribution >= 0.6 is 0 Å². The molecule has 0 saturated carbocycles. The van der Waals surface area contributed by atoms with Gasteiger partial charge in [-0.3, -0.25) is 30.3 Å². The lowest BCUT2D eigenvalue weighted by Gasteiger charge is -2.15. The van der Waals surface area contributed by atoms with Gasteiger partial charge in [0, 0.05) is 5.56 Å². The summed E-state index contributed by atoms with van der Waals surface area (Å²) in [6.45, 7) is 7.57. The molecule has 0 aromatic heterocycles. The largest absolute Gasteiger partial charge is 0.744 e. The van der Waals surface area contributed by atoms with Crippen molar-refractivity contribution in [2.75, 3.05) is 19.6 Å². The Hall–Kier alpha value is -3.49. The summed E-state index contributed by atoms with van der Waals surface area (Å²) in [5, 5.41) is 31.6. The summed E-state index contributed by atoms with van der Waals surface area (Å²) in [4.78, 5) is 25.8. The molecule has 0 radical (unpaired) electrons. The summed E-state index contributed by atoms with van der Waals surface area (Å²) < 4.78 is 33.8. The van der Waals surface area contributed by atoms with E-state index in [1.165, 1.54) is 36.2 Å². The average Bonchev–Trinajstić information content (AvgIpc) is 3.47. The molecule has 31 heavy (non-hydrogen) atoms. The van der Waals surface area contributed by atoms with Gasteiger partial charge in [-0.25, -0.2) is 8.42 Å². The number of quaternary nitrogens is 1. The summed E-state index contributed by atoms with van der Waals surface area (Å²) in [7, 11) is -5.55. The maximum Gasteiger partial charge on any atom is 0.300 e. The van der Waals surface area contributed by atoms with E-state index < -0.39 is 46.8 Å². The fourth-order valence-corrected chi connectivity index (χ4v) is 3.69. The highest BCUT2D eigenvalue weighted by molar-refractivity contribution is 7.86. The minimum Gasteiger partial charge on any atom is -0.744 e. The Bertz CT molecular complexity index is 1080. The number of nitrogens with zero attached hydrogens (tertiary/aromatic N) is 4. The van der Waals surface area contributed by atoms with E-state index >= 15 is 0 Å². The minimum absolute atomic E-state index is 0.164. The standard InChI is InChI=1S/C11H16N.C6H3N3O9S/c1-2-12(8-9-12)10-11-6-4-3-5-7-11;10-7(11)3-1-4(8(12)13)6(19(16,17)18)5(2-3)9(14)15/h3-7H,2,8-10H2,1H3;1-2H,(H,16,17,18)/q+1;/p-1. The first-order valence-corrected chi connectivity index (χ1v) is 10.3. The van der Waals surface area contributed by atoms with Crippen LogP contribution in [0.15, 0.2) is 47.4 Å². The van der Waals surface area contributed by atoms with Gasteiger partial charge < -0.3 is 9.04 Å². The Kier molecular flexibility index (Phi) is 6.99. The number of hydrogen-bond acceptors (Lipinski definition) is 9. The van der Waals surface area contributed by atoms with Crippen LogP contribution in [0.5, 0.6) is 0 Å². The van der Waals surface area contributed by atoms with Crippen molar-refractivity contribution >= 4 is 27.2 Å². The van der Waals surface area contributed by atoms with Crippen LogP contribution in [0.1, 0.15) is 12.5 Å². The molecule has 0 atom stereocenters. The second-order valence-corrected chi connectivity index (χ2v) is 8.10. The average molecular weight is 454 g/mol. The number of non-ortho nitro benzene ring substituents is 1. The molecule has 2 aromatic carbocycles. The Morgan fingerprint density at radius 1 is 0.903 bits per heavy atom. The molecule has 0 spiro atoms. The molecular weight excluding hydrogens is 436 g/mol. The van der Waals surface area contributed by atoms with Crippen molar-refractivity contribution < 1.29 is 32.2 Å². The molecule has 0 aliphatic carbocycles. The van der Waals surface area contributed by atoms with Gasteiger partial charge in [0.15, 0.2) is 0 Å². The van der Waals surface area contributed by atoms with Gasteiger partial charge in [-0.15, -0.1) is 0 Å². The van der Waals surface area contributed by atoms with Crippen molar-refractivity contribution in [2.45, 2.75) is 18.4 Å². The van der Waals surface area contributed by atoms with E-state index in [-0.39, 0.29) is 12.1 Å². The molecule has 13 nitrogen and oxygen atoms in total. The van der Waals surface area contributed by atoms with Crippen LogP contribution in [-0.2, 0) is 16.7 Å². The van der Waals surface area contributed by atoms with Gasteiger partial charge in [-0.1, -0.05) is 30.3 Å². The first-order valence-electron chi connectivity index (χ1n) is 8.86. The third-order valence-corrected chi connectivity index (χ3v) is 5.69. The summed E-state index contributed by atoms with van der Waals surface area (Å²) in [6.07, 6.45) is 0. The first kappa shape index (κ1) is 23.8. The number of benzene rings is 2. The normalized spacial score (nSPS) is 14.1. The van der Waals surface area contributed by atoms with Crippen molar-refractivity contribution in [3.05, 3.63) is 78.4 Å². The molecule has 166 valence electrons. The van der Waals surface area contributed by atoms with Crippen LogP contribution in [0.3, 0.4) is 0 Å². The smallest absolute Gasteiger partial charge is 0.300 e. The zero-order chi connectivity index (χ0) is 23.4. The number of likely N-dealkylation sites (N-methyl/N-ethyl adjacent to an activating group) is 1. The lowest BCUT2D eigenvalue weighted by Crippen LogP contribution is -2.24. The molecule has 2 aromatic rings. The molecule has 1 saturated heterocycles. The summed E-state index contributed by atoms with van der Waals surface area (Å²) in [6, 6.07) is 11.1. The van der Waals surface area contributed by atoms with Crippen molar-refractivity contribution in [1.29, 1.82) is 0 Å². The molecule has 14 heteroatoms. The van der Waals surface area contributed by atoms with Crippen molar-refractivity contribution in [3.8, 4) is 0 Å². The highest BCUT2D eigenvalue weighted by Crippen LogP contribution is 2.36. The fourth-order valence-electron chi connectivity index (χ4n) is 2.92.